The molecule has 1 aromatic carbocycles. The molecule has 0 saturated carbocycles. The summed E-state index contributed by atoms with van der Waals surface area (Å²) in [5.41, 5.74) is 6.34. The summed E-state index contributed by atoms with van der Waals surface area (Å²) in [6.07, 6.45) is 0. The van der Waals surface area contributed by atoms with Gasteiger partial charge in [-0.15, -0.1) is 0 Å². The molecule has 2 rings (SSSR count). The third kappa shape index (κ3) is 3.22. The van der Waals surface area contributed by atoms with Gasteiger partial charge < -0.3 is 15.6 Å². The minimum absolute atomic E-state index is 0.0221. The second-order valence-corrected chi connectivity index (χ2v) is 3.99. The molecule has 3 N–H and O–H groups in total. The molecule has 0 atom stereocenters. The van der Waals surface area contributed by atoms with Crippen LogP contribution in [0.3, 0.4) is 0 Å². The zero-order valence-electron chi connectivity index (χ0n) is 10.7. The van der Waals surface area contributed by atoms with E-state index >= 15 is 0 Å². The highest BCUT2D eigenvalue weighted by atomic mass is 19.1. The van der Waals surface area contributed by atoms with Crippen molar-refractivity contribution in [3.8, 4) is 11.8 Å². The molecule has 2 aromatic rings. The monoisotopic (exact) mass is 273 g/mol. The second kappa shape index (κ2) is 5.99. The fraction of sp³-hybridized carbons (Fsp3) is 0.143. The lowest BCUT2D eigenvalue weighted by molar-refractivity contribution is 0.0987. The molecule has 0 aliphatic heterocycles. The van der Waals surface area contributed by atoms with Crippen molar-refractivity contribution in [2.75, 3.05) is 11.9 Å². The van der Waals surface area contributed by atoms with Crippen molar-refractivity contribution in [2.24, 2.45) is 5.73 Å². The summed E-state index contributed by atoms with van der Waals surface area (Å²) in [6.45, 7) is 1.89. The number of nitrogens with zero attached hydrogens (tertiary/aromatic N) is 1. The molecular weight excluding hydrogens is 261 g/mol. The summed E-state index contributed by atoms with van der Waals surface area (Å²) >= 11 is 0. The van der Waals surface area contributed by atoms with Gasteiger partial charge in [-0.2, -0.15) is 0 Å². The first-order valence-corrected chi connectivity index (χ1v) is 5.83. The van der Waals surface area contributed by atoms with Gasteiger partial charge in [-0.1, -0.05) is 17.0 Å². The van der Waals surface area contributed by atoms with Crippen LogP contribution in [0.4, 0.5) is 10.1 Å². The topological polar surface area (TPSA) is 81.2 Å². The normalized spacial score (nSPS) is 9.75. The Morgan fingerprint density at radius 2 is 2.30 bits per heavy atom. The van der Waals surface area contributed by atoms with Crippen molar-refractivity contribution in [3.05, 3.63) is 47.1 Å². The van der Waals surface area contributed by atoms with Gasteiger partial charge in [-0.25, -0.2) is 4.39 Å². The number of carbonyl (C=O) groups is 1. The Bertz CT molecular complexity index is 698. The van der Waals surface area contributed by atoms with E-state index in [1.54, 1.807) is 13.0 Å². The Balaban J connectivity index is 2.16. The molecule has 0 unspecified atom stereocenters. The number of nitrogens with two attached hydrogens (primary N) is 1. The summed E-state index contributed by atoms with van der Waals surface area (Å²) < 4.78 is 18.6. The van der Waals surface area contributed by atoms with Gasteiger partial charge in [0, 0.05) is 11.6 Å². The van der Waals surface area contributed by atoms with Crippen LogP contribution in [0.25, 0.3) is 0 Å². The first kappa shape index (κ1) is 13.8. The minimum Gasteiger partial charge on any atom is -0.351 e. The van der Waals surface area contributed by atoms with Gasteiger partial charge >= 0.3 is 0 Å². The standard InChI is InChI=1S/C14H12FN3O2/c1-9-7-13(20-18-9)14(19)17-12-5-4-10(3-2-6-16)8-11(12)15/h4-5,7-8H,6,16H2,1H3,(H,17,19). The van der Waals surface area contributed by atoms with E-state index in [0.29, 0.717) is 11.3 Å². The van der Waals surface area contributed by atoms with Crippen molar-refractivity contribution in [2.45, 2.75) is 6.92 Å². The summed E-state index contributed by atoms with van der Waals surface area (Å²) in [4.78, 5) is 11.8. The van der Waals surface area contributed by atoms with Crippen LogP contribution in [0.15, 0.2) is 28.8 Å². The maximum atomic E-state index is 13.8. The van der Waals surface area contributed by atoms with E-state index in [0.717, 1.165) is 0 Å². The van der Waals surface area contributed by atoms with Crippen molar-refractivity contribution < 1.29 is 13.7 Å². The smallest absolute Gasteiger partial charge is 0.294 e. The number of benzene rings is 1. The molecule has 20 heavy (non-hydrogen) atoms. The maximum Gasteiger partial charge on any atom is 0.294 e. The molecule has 0 radical (unpaired) electrons. The van der Waals surface area contributed by atoms with Crippen molar-refractivity contribution in [3.63, 3.8) is 0 Å². The third-order valence-corrected chi connectivity index (χ3v) is 2.40. The Labute approximate surface area is 114 Å². The summed E-state index contributed by atoms with van der Waals surface area (Å²) in [5.74, 6) is 4.20. The van der Waals surface area contributed by atoms with Crippen LogP contribution in [0.2, 0.25) is 0 Å². The molecule has 0 aliphatic rings. The molecule has 0 aliphatic carbocycles. The Morgan fingerprint density at radius 1 is 1.50 bits per heavy atom. The van der Waals surface area contributed by atoms with E-state index in [1.165, 1.54) is 18.2 Å². The Morgan fingerprint density at radius 3 is 2.90 bits per heavy atom. The van der Waals surface area contributed by atoms with Gasteiger partial charge in [0.15, 0.2) is 0 Å². The highest BCUT2D eigenvalue weighted by molar-refractivity contribution is 6.02. The summed E-state index contributed by atoms with van der Waals surface area (Å²) in [7, 11) is 0. The number of rotatable bonds is 2. The van der Waals surface area contributed by atoms with E-state index < -0.39 is 11.7 Å². The van der Waals surface area contributed by atoms with Crippen molar-refractivity contribution in [1.29, 1.82) is 0 Å². The lowest BCUT2D eigenvalue weighted by Gasteiger charge is -2.04. The number of carbonyl (C=O) groups excluding carboxylic acids is 1. The Kier molecular flexibility index (Phi) is 4.13. The van der Waals surface area contributed by atoms with Crippen LogP contribution in [0.5, 0.6) is 0 Å². The third-order valence-electron chi connectivity index (χ3n) is 2.40. The number of nitrogens with one attached hydrogen (secondary N) is 1. The quantitative estimate of drug-likeness (QED) is 0.816. The lowest BCUT2D eigenvalue weighted by atomic mass is 10.2. The second-order valence-electron chi connectivity index (χ2n) is 3.99. The number of anilines is 1. The number of amides is 1. The van der Waals surface area contributed by atoms with Crippen molar-refractivity contribution >= 4 is 11.6 Å². The molecule has 0 fully saturated rings. The number of aryl methyl sites for hydroxylation is 1. The van der Waals surface area contributed by atoms with Crippen molar-refractivity contribution in [1.82, 2.24) is 5.16 Å². The average molecular weight is 273 g/mol. The molecule has 0 saturated heterocycles. The number of halogens is 1. The minimum atomic E-state index is -0.585. The highest BCUT2D eigenvalue weighted by Crippen LogP contribution is 2.16. The molecule has 1 aromatic heterocycles. The fourth-order valence-electron chi connectivity index (χ4n) is 1.50. The predicted molar refractivity (Wildman–Crippen MR) is 71.5 cm³/mol. The molecule has 6 heteroatoms. The first-order valence-electron chi connectivity index (χ1n) is 5.83. The van der Waals surface area contributed by atoms with Crippen LogP contribution in [0, 0.1) is 24.6 Å². The molecular formula is C14H12FN3O2. The lowest BCUT2D eigenvalue weighted by Crippen LogP contribution is -2.12. The van der Waals surface area contributed by atoms with E-state index in [-0.39, 0.29) is 18.0 Å². The maximum absolute atomic E-state index is 13.8. The van der Waals surface area contributed by atoms with E-state index in [2.05, 4.69) is 22.3 Å². The predicted octanol–water partition coefficient (Wildman–Crippen LogP) is 1.68. The van der Waals surface area contributed by atoms with Gasteiger partial charge in [0.1, 0.15) is 5.82 Å². The van der Waals surface area contributed by atoms with E-state index in [4.69, 9.17) is 10.3 Å². The molecule has 1 heterocycles. The largest absolute Gasteiger partial charge is 0.351 e. The van der Waals surface area contributed by atoms with Gasteiger partial charge in [0.25, 0.3) is 5.91 Å². The van der Waals surface area contributed by atoms with Crippen LogP contribution in [-0.4, -0.2) is 17.6 Å². The molecule has 102 valence electrons. The van der Waals surface area contributed by atoms with Crippen LogP contribution in [0.1, 0.15) is 21.8 Å². The van der Waals surface area contributed by atoms with E-state index in [9.17, 15) is 9.18 Å². The van der Waals surface area contributed by atoms with Gasteiger partial charge in [0.05, 0.1) is 17.9 Å². The molecule has 5 nitrogen and oxygen atoms in total. The fourth-order valence-corrected chi connectivity index (χ4v) is 1.50. The molecule has 0 bridgehead atoms. The summed E-state index contributed by atoms with van der Waals surface area (Å²) in [5, 5.41) is 5.99. The zero-order valence-corrected chi connectivity index (χ0v) is 10.7. The van der Waals surface area contributed by atoms with Crippen LogP contribution in [-0.2, 0) is 0 Å². The Hall–Kier alpha value is -2.65. The first-order chi connectivity index (χ1) is 9.60. The van der Waals surface area contributed by atoms with Crippen LogP contribution >= 0.6 is 0 Å². The molecule has 1 amide bonds. The zero-order chi connectivity index (χ0) is 14.5. The summed E-state index contributed by atoms with van der Waals surface area (Å²) in [6, 6.07) is 5.71. The van der Waals surface area contributed by atoms with Crippen LogP contribution < -0.4 is 11.1 Å². The van der Waals surface area contributed by atoms with Gasteiger partial charge in [-0.05, 0) is 25.1 Å². The van der Waals surface area contributed by atoms with E-state index in [1.807, 2.05) is 0 Å². The average Bonchev–Trinajstić information content (AvgIpc) is 2.86. The number of hydrogen-bond donors (Lipinski definition) is 2. The molecule has 0 spiro atoms. The van der Waals surface area contributed by atoms with Gasteiger partial charge in [0.2, 0.25) is 5.76 Å². The van der Waals surface area contributed by atoms with Gasteiger partial charge in [-0.3, -0.25) is 4.79 Å². The number of aromatic nitrogens is 1. The SMILES string of the molecule is Cc1cc(C(=O)Nc2ccc(C#CCN)cc2F)on1. The highest BCUT2D eigenvalue weighted by Gasteiger charge is 2.13. The number of hydrogen-bond acceptors (Lipinski definition) is 4.